The van der Waals surface area contributed by atoms with Crippen molar-refractivity contribution in [1.82, 2.24) is 0 Å². The highest BCUT2D eigenvalue weighted by atomic mass is 16.6. The molecule has 1 aromatic carbocycles. The summed E-state index contributed by atoms with van der Waals surface area (Å²) < 4.78 is 4.82. The predicted molar refractivity (Wildman–Crippen MR) is 48.5 cm³/mol. The lowest BCUT2D eigenvalue weighted by Crippen LogP contribution is -2.42. The molecule has 1 unspecified atom stereocenters. The monoisotopic (exact) mass is 198 g/mol. The topological polar surface area (TPSA) is 98.6 Å². The summed E-state index contributed by atoms with van der Waals surface area (Å²) >= 11 is 0. The third-order valence-electron chi connectivity index (χ3n) is 1.35. The van der Waals surface area contributed by atoms with E-state index in [0.29, 0.717) is 0 Å². The normalized spacial score (nSPS) is 14.5. The zero-order valence-electron chi connectivity index (χ0n) is 7.51. The molecule has 14 heavy (non-hydrogen) atoms. The van der Waals surface area contributed by atoms with Crippen molar-refractivity contribution in [3.05, 3.63) is 34.4 Å². The largest absolute Gasteiger partial charge is 0.449 e. The molecule has 0 aliphatic carbocycles. The maximum Gasteiger partial charge on any atom is 0.273 e. The predicted octanol–water partition coefficient (Wildman–Crippen LogP) is 0.598. The Morgan fingerprint density at radius 1 is 1.64 bits per heavy atom. The van der Waals surface area contributed by atoms with Crippen molar-refractivity contribution in [2.24, 2.45) is 5.73 Å². The van der Waals surface area contributed by atoms with Crippen LogP contribution in [0.5, 0.6) is 5.75 Å². The number of nitrogens with two attached hydrogens (primary N) is 1. The Morgan fingerprint density at radius 2 is 2.29 bits per heavy atom. The minimum atomic E-state index is -1.84. The van der Waals surface area contributed by atoms with Crippen molar-refractivity contribution >= 4 is 5.69 Å². The van der Waals surface area contributed by atoms with E-state index in [1.165, 1.54) is 31.2 Å². The summed E-state index contributed by atoms with van der Waals surface area (Å²) in [6.45, 7) is 1.23. The SMILES string of the molecule is CC(N)(O)Oc1cccc([N+](=O)[O-])c1. The summed E-state index contributed by atoms with van der Waals surface area (Å²) in [7, 11) is 0. The van der Waals surface area contributed by atoms with Crippen LogP contribution in [0.2, 0.25) is 0 Å². The van der Waals surface area contributed by atoms with Gasteiger partial charge >= 0.3 is 0 Å². The number of hydrogen-bond acceptors (Lipinski definition) is 5. The molecule has 0 saturated carbocycles. The molecule has 0 aliphatic heterocycles. The fourth-order valence-electron chi connectivity index (χ4n) is 0.899. The molecule has 0 aliphatic rings. The van der Waals surface area contributed by atoms with Crippen molar-refractivity contribution in [2.45, 2.75) is 12.8 Å². The molecule has 0 bridgehead atoms. The molecule has 3 N–H and O–H groups in total. The van der Waals surface area contributed by atoms with Gasteiger partial charge in [0.05, 0.1) is 11.0 Å². The zero-order valence-corrected chi connectivity index (χ0v) is 7.51. The van der Waals surface area contributed by atoms with E-state index in [1.807, 2.05) is 0 Å². The Hall–Kier alpha value is -1.66. The van der Waals surface area contributed by atoms with Gasteiger partial charge in [-0.05, 0) is 6.07 Å². The summed E-state index contributed by atoms with van der Waals surface area (Å²) in [5.41, 5.74) is 5.04. The van der Waals surface area contributed by atoms with E-state index in [2.05, 4.69) is 0 Å². The number of hydrogen-bond donors (Lipinski definition) is 2. The molecule has 1 aromatic rings. The highest BCUT2D eigenvalue weighted by Gasteiger charge is 2.16. The molecule has 0 radical (unpaired) electrons. The van der Waals surface area contributed by atoms with Crippen molar-refractivity contribution in [2.75, 3.05) is 0 Å². The van der Waals surface area contributed by atoms with Crippen molar-refractivity contribution < 1.29 is 14.8 Å². The summed E-state index contributed by atoms with van der Waals surface area (Å²) in [6.07, 6.45) is 0. The Labute approximate surface area is 80.1 Å². The molecule has 76 valence electrons. The first kappa shape index (κ1) is 10.4. The van der Waals surface area contributed by atoms with Crippen LogP contribution in [-0.4, -0.2) is 15.9 Å². The molecule has 0 saturated heterocycles. The summed E-state index contributed by atoms with van der Waals surface area (Å²) in [5, 5.41) is 19.5. The van der Waals surface area contributed by atoms with E-state index in [9.17, 15) is 10.1 Å². The number of nitro benzene ring substituents is 1. The lowest BCUT2D eigenvalue weighted by molar-refractivity contribution is -0.385. The molecular formula is C8H10N2O4. The molecule has 6 heteroatoms. The molecule has 0 heterocycles. The van der Waals surface area contributed by atoms with Gasteiger partial charge < -0.3 is 9.84 Å². The Balaban J connectivity index is 2.89. The van der Waals surface area contributed by atoms with Crippen LogP contribution in [0, 0.1) is 10.1 Å². The first-order valence-corrected chi connectivity index (χ1v) is 3.83. The van der Waals surface area contributed by atoms with Crippen LogP contribution in [0.25, 0.3) is 0 Å². The van der Waals surface area contributed by atoms with Crippen LogP contribution < -0.4 is 10.5 Å². The maximum absolute atomic E-state index is 10.4. The number of nitro groups is 1. The van der Waals surface area contributed by atoms with E-state index in [0.717, 1.165) is 0 Å². The lowest BCUT2D eigenvalue weighted by Gasteiger charge is -2.18. The Bertz CT molecular complexity index is 345. The van der Waals surface area contributed by atoms with Crippen LogP contribution >= 0.6 is 0 Å². The quantitative estimate of drug-likeness (QED) is 0.421. The summed E-state index contributed by atoms with van der Waals surface area (Å²) in [4.78, 5) is 9.82. The van der Waals surface area contributed by atoms with Crippen LogP contribution in [0.4, 0.5) is 5.69 Å². The van der Waals surface area contributed by atoms with Gasteiger partial charge in [-0.1, -0.05) is 6.07 Å². The highest BCUT2D eigenvalue weighted by Crippen LogP contribution is 2.20. The minimum Gasteiger partial charge on any atom is -0.449 e. The van der Waals surface area contributed by atoms with Gasteiger partial charge in [-0.25, -0.2) is 0 Å². The van der Waals surface area contributed by atoms with Gasteiger partial charge in [-0.15, -0.1) is 0 Å². The van der Waals surface area contributed by atoms with E-state index in [-0.39, 0.29) is 11.4 Å². The average Bonchev–Trinajstić information content (AvgIpc) is 2.01. The van der Waals surface area contributed by atoms with Crippen molar-refractivity contribution in [1.29, 1.82) is 0 Å². The molecule has 0 spiro atoms. The molecule has 1 atom stereocenters. The molecule has 1 rings (SSSR count). The standard InChI is InChI=1S/C8H10N2O4/c1-8(9,11)14-7-4-2-3-6(5-7)10(12)13/h2-5,11H,9H2,1H3. The molecule has 0 fully saturated rings. The van der Waals surface area contributed by atoms with Gasteiger partial charge in [-0.2, -0.15) is 0 Å². The van der Waals surface area contributed by atoms with Gasteiger partial charge in [0.1, 0.15) is 5.75 Å². The summed E-state index contributed by atoms with van der Waals surface area (Å²) in [6, 6.07) is 5.41. The number of aliphatic hydroxyl groups is 1. The molecule has 0 amide bonds. The van der Waals surface area contributed by atoms with Crippen LogP contribution in [-0.2, 0) is 0 Å². The van der Waals surface area contributed by atoms with Crippen LogP contribution in [0.15, 0.2) is 24.3 Å². The second-order valence-electron chi connectivity index (χ2n) is 2.91. The van der Waals surface area contributed by atoms with Crippen LogP contribution in [0.3, 0.4) is 0 Å². The van der Waals surface area contributed by atoms with Gasteiger partial charge in [0, 0.05) is 13.0 Å². The number of rotatable bonds is 3. The zero-order chi connectivity index (χ0) is 10.8. The van der Waals surface area contributed by atoms with E-state index < -0.39 is 10.8 Å². The smallest absolute Gasteiger partial charge is 0.273 e. The van der Waals surface area contributed by atoms with E-state index in [1.54, 1.807) is 0 Å². The van der Waals surface area contributed by atoms with Gasteiger partial charge in [0.2, 0.25) is 0 Å². The third kappa shape index (κ3) is 3.00. The van der Waals surface area contributed by atoms with Gasteiger partial charge in [0.25, 0.3) is 11.6 Å². The van der Waals surface area contributed by atoms with E-state index >= 15 is 0 Å². The van der Waals surface area contributed by atoms with Crippen molar-refractivity contribution in [3.8, 4) is 5.75 Å². The third-order valence-corrected chi connectivity index (χ3v) is 1.35. The van der Waals surface area contributed by atoms with Gasteiger partial charge in [-0.3, -0.25) is 15.8 Å². The second-order valence-corrected chi connectivity index (χ2v) is 2.91. The molecule has 6 nitrogen and oxygen atoms in total. The summed E-state index contributed by atoms with van der Waals surface area (Å²) in [5.74, 6) is -1.69. The first-order chi connectivity index (χ1) is 6.38. The van der Waals surface area contributed by atoms with Gasteiger partial charge in [0.15, 0.2) is 0 Å². The Kier molecular flexibility index (Phi) is 2.68. The van der Waals surface area contributed by atoms with Crippen molar-refractivity contribution in [3.63, 3.8) is 0 Å². The van der Waals surface area contributed by atoms with E-state index in [4.69, 9.17) is 15.6 Å². The minimum absolute atomic E-state index is 0.119. The second kappa shape index (κ2) is 3.60. The Morgan fingerprint density at radius 3 is 2.79 bits per heavy atom. The average molecular weight is 198 g/mol. The maximum atomic E-state index is 10.4. The number of nitrogens with zero attached hydrogens (tertiary/aromatic N) is 1. The van der Waals surface area contributed by atoms with Crippen LogP contribution in [0.1, 0.15) is 6.92 Å². The molecule has 0 aromatic heterocycles. The first-order valence-electron chi connectivity index (χ1n) is 3.83. The lowest BCUT2D eigenvalue weighted by atomic mass is 10.3. The fourth-order valence-corrected chi connectivity index (χ4v) is 0.899. The highest BCUT2D eigenvalue weighted by molar-refractivity contribution is 5.38. The number of non-ortho nitro benzene ring substituents is 1. The number of ether oxygens (including phenoxy) is 1. The fraction of sp³-hybridized carbons (Fsp3) is 0.250. The molecular weight excluding hydrogens is 188 g/mol. The number of benzene rings is 1.